The summed E-state index contributed by atoms with van der Waals surface area (Å²) in [6.45, 7) is 4.71. The topological polar surface area (TPSA) is 41.7 Å². The van der Waals surface area contributed by atoms with E-state index < -0.39 is 0 Å². The fourth-order valence-corrected chi connectivity index (χ4v) is 3.22. The molecule has 0 saturated carbocycles. The fraction of sp³-hybridized carbons (Fsp3) is 0.368. The number of benzene rings is 2. The van der Waals surface area contributed by atoms with E-state index in [0.717, 1.165) is 31.9 Å². The number of nitrogens with zero attached hydrogens (tertiary/aromatic N) is 2. The summed E-state index contributed by atoms with van der Waals surface area (Å²) in [4.78, 5) is 4.91. The molecular weight excluding hydrogens is 286 g/mol. The molecule has 3 rings (SSSR count). The Morgan fingerprint density at radius 3 is 2.43 bits per heavy atom. The number of hydrogen-bond acceptors (Lipinski definition) is 4. The number of methoxy groups -OCH3 is 1. The predicted octanol–water partition coefficient (Wildman–Crippen LogP) is 2.34. The Morgan fingerprint density at radius 1 is 1.04 bits per heavy atom. The number of rotatable bonds is 5. The van der Waals surface area contributed by atoms with Gasteiger partial charge in [0, 0.05) is 38.4 Å². The van der Waals surface area contributed by atoms with E-state index >= 15 is 0 Å². The largest absolute Gasteiger partial charge is 0.497 e. The molecule has 4 nitrogen and oxygen atoms in total. The van der Waals surface area contributed by atoms with Gasteiger partial charge < -0.3 is 15.4 Å². The van der Waals surface area contributed by atoms with Crippen LogP contribution in [0.2, 0.25) is 0 Å². The molecular formula is C19H25N3O. The van der Waals surface area contributed by atoms with Crippen LogP contribution in [0.4, 0.5) is 5.69 Å². The highest BCUT2D eigenvalue weighted by Gasteiger charge is 2.26. The van der Waals surface area contributed by atoms with Gasteiger partial charge in [0.2, 0.25) is 0 Å². The minimum Gasteiger partial charge on any atom is -0.497 e. The molecule has 0 aromatic heterocycles. The summed E-state index contributed by atoms with van der Waals surface area (Å²) in [5, 5.41) is 0. The second kappa shape index (κ2) is 7.49. The maximum Gasteiger partial charge on any atom is 0.119 e. The van der Waals surface area contributed by atoms with Gasteiger partial charge in [-0.1, -0.05) is 30.3 Å². The summed E-state index contributed by atoms with van der Waals surface area (Å²) in [6, 6.07) is 19.3. The third-order valence-electron chi connectivity index (χ3n) is 4.49. The molecule has 2 N–H and O–H groups in total. The molecule has 1 heterocycles. The van der Waals surface area contributed by atoms with Crippen molar-refractivity contribution in [3.05, 3.63) is 60.2 Å². The molecule has 0 bridgehead atoms. The molecule has 1 fully saturated rings. The molecule has 4 heteroatoms. The van der Waals surface area contributed by atoms with Crippen molar-refractivity contribution in [2.24, 2.45) is 5.73 Å². The van der Waals surface area contributed by atoms with Crippen LogP contribution in [0.15, 0.2) is 54.6 Å². The van der Waals surface area contributed by atoms with Crippen LogP contribution >= 0.6 is 0 Å². The highest BCUT2D eigenvalue weighted by atomic mass is 16.5. The molecule has 2 aromatic rings. The molecule has 1 unspecified atom stereocenters. The predicted molar refractivity (Wildman–Crippen MR) is 94.9 cm³/mol. The van der Waals surface area contributed by atoms with Gasteiger partial charge in [-0.15, -0.1) is 0 Å². The molecule has 0 aliphatic carbocycles. The maximum atomic E-state index is 6.05. The molecule has 2 aromatic carbocycles. The van der Waals surface area contributed by atoms with Crippen LogP contribution in [0.1, 0.15) is 5.56 Å². The first kappa shape index (κ1) is 15.8. The lowest BCUT2D eigenvalue weighted by atomic mass is 10.1. The van der Waals surface area contributed by atoms with Gasteiger partial charge in [0.25, 0.3) is 0 Å². The van der Waals surface area contributed by atoms with Crippen molar-refractivity contribution in [2.75, 3.05) is 38.2 Å². The van der Waals surface area contributed by atoms with Crippen LogP contribution in [0, 0.1) is 0 Å². The second-order valence-corrected chi connectivity index (χ2v) is 6.00. The second-order valence-electron chi connectivity index (χ2n) is 6.00. The third-order valence-corrected chi connectivity index (χ3v) is 4.49. The van der Waals surface area contributed by atoms with Gasteiger partial charge >= 0.3 is 0 Å². The number of piperazine rings is 1. The molecule has 0 spiro atoms. The van der Waals surface area contributed by atoms with Crippen molar-refractivity contribution in [3.8, 4) is 5.75 Å². The zero-order valence-electron chi connectivity index (χ0n) is 13.7. The van der Waals surface area contributed by atoms with E-state index in [1.54, 1.807) is 7.11 Å². The lowest BCUT2D eigenvalue weighted by Crippen LogP contribution is -2.55. The molecule has 1 saturated heterocycles. The van der Waals surface area contributed by atoms with Crippen LogP contribution in [0.25, 0.3) is 0 Å². The minimum atomic E-state index is 0.348. The maximum absolute atomic E-state index is 6.05. The van der Waals surface area contributed by atoms with E-state index in [1.807, 2.05) is 12.1 Å². The highest BCUT2D eigenvalue weighted by Crippen LogP contribution is 2.23. The average molecular weight is 311 g/mol. The summed E-state index contributed by atoms with van der Waals surface area (Å²) in [5.74, 6) is 0.890. The molecule has 1 aliphatic heterocycles. The van der Waals surface area contributed by atoms with E-state index in [1.165, 1.54) is 11.3 Å². The first-order chi connectivity index (χ1) is 11.3. The first-order valence-corrected chi connectivity index (χ1v) is 8.17. The zero-order valence-corrected chi connectivity index (χ0v) is 13.7. The minimum absolute atomic E-state index is 0.348. The van der Waals surface area contributed by atoms with Crippen molar-refractivity contribution < 1.29 is 4.74 Å². The number of nitrogens with two attached hydrogens (primary N) is 1. The quantitative estimate of drug-likeness (QED) is 0.920. The molecule has 23 heavy (non-hydrogen) atoms. The Labute approximate surface area is 138 Å². The van der Waals surface area contributed by atoms with E-state index in [4.69, 9.17) is 10.5 Å². The average Bonchev–Trinajstić information content (AvgIpc) is 2.62. The first-order valence-electron chi connectivity index (χ1n) is 8.17. The lowest BCUT2D eigenvalue weighted by molar-refractivity contribution is 0.217. The van der Waals surface area contributed by atoms with Gasteiger partial charge in [-0.25, -0.2) is 0 Å². The Balaban J connectivity index is 1.66. The molecule has 1 aliphatic rings. The van der Waals surface area contributed by atoms with Crippen molar-refractivity contribution in [1.29, 1.82) is 0 Å². The fourth-order valence-electron chi connectivity index (χ4n) is 3.22. The van der Waals surface area contributed by atoms with Crippen molar-refractivity contribution in [3.63, 3.8) is 0 Å². The third kappa shape index (κ3) is 3.84. The summed E-state index contributed by atoms with van der Waals surface area (Å²) >= 11 is 0. The van der Waals surface area contributed by atoms with E-state index in [2.05, 4.69) is 52.3 Å². The summed E-state index contributed by atoms with van der Waals surface area (Å²) in [5.41, 5.74) is 8.63. The number of hydrogen-bond donors (Lipinski definition) is 1. The molecule has 122 valence electrons. The molecule has 0 amide bonds. The monoisotopic (exact) mass is 311 g/mol. The summed E-state index contributed by atoms with van der Waals surface area (Å²) < 4.78 is 5.24. The molecule has 0 radical (unpaired) electrons. The van der Waals surface area contributed by atoms with Crippen LogP contribution in [0.3, 0.4) is 0 Å². The van der Waals surface area contributed by atoms with Crippen LogP contribution in [0.5, 0.6) is 5.75 Å². The number of anilines is 1. The van der Waals surface area contributed by atoms with Crippen LogP contribution in [-0.2, 0) is 6.54 Å². The highest BCUT2D eigenvalue weighted by molar-refractivity contribution is 5.50. The Kier molecular flexibility index (Phi) is 5.16. The Hall–Kier alpha value is -2.04. The van der Waals surface area contributed by atoms with Crippen LogP contribution < -0.4 is 15.4 Å². The van der Waals surface area contributed by atoms with Crippen LogP contribution in [-0.4, -0.2) is 44.2 Å². The normalized spacial score (nSPS) is 18.9. The van der Waals surface area contributed by atoms with Gasteiger partial charge in [-0.2, -0.15) is 0 Å². The Bertz CT molecular complexity index is 600. The van der Waals surface area contributed by atoms with Gasteiger partial charge in [-0.05, 0) is 29.8 Å². The van der Waals surface area contributed by atoms with Crippen molar-refractivity contribution in [1.82, 2.24) is 4.90 Å². The summed E-state index contributed by atoms with van der Waals surface area (Å²) in [7, 11) is 1.69. The van der Waals surface area contributed by atoms with Crippen molar-refractivity contribution in [2.45, 2.75) is 12.6 Å². The lowest BCUT2D eigenvalue weighted by Gasteiger charge is -2.42. The smallest absolute Gasteiger partial charge is 0.119 e. The van der Waals surface area contributed by atoms with Gasteiger partial charge in [0.05, 0.1) is 13.2 Å². The Morgan fingerprint density at radius 2 is 1.78 bits per heavy atom. The SMILES string of the molecule is COc1ccc(N2CCN(Cc3ccccc3)CC2CN)cc1. The standard InChI is InChI=1S/C19H25N3O/c1-23-19-9-7-17(8-10-19)22-12-11-21(15-18(22)13-20)14-16-5-3-2-4-6-16/h2-10,18H,11-15,20H2,1H3. The zero-order chi connectivity index (χ0) is 16.1. The van der Waals surface area contributed by atoms with E-state index in [9.17, 15) is 0 Å². The van der Waals surface area contributed by atoms with Crippen molar-refractivity contribution >= 4 is 5.69 Å². The number of ether oxygens (including phenoxy) is 1. The van der Waals surface area contributed by atoms with E-state index in [0.29, 0.717) is 12.6 Å². The van der Waals surface area contributed by atoms with Gasteiger partial charge in [0.1, 0.15) is 5.75 Å². The van der Waals surface area contributed by atoms with E-state index in [-0.39, 0.29) is 0 Å². The molecule has 1 atom stereocenters. The van der Waals surface area contributed by atoms with Gasteiger partial charge in [-0.3, -0.25) is 4.90 Å². The van der Waals surface area contributed by atoms with Gasteiger partial charge in [0.15, 0.2) is 0 Å². The summed E-state index contributed by atoms with van der Waals surface area (Å²) in [6.07, 6.45) is 0.